The van der Waals surface area contributed by atoms with E-state index in [2.05, 4.69) is 31.6 Å². The second-order valence-electron chi connectivity index (χ2n) is 5.18. The van der Waals surface area contributed by atoms with E-state index in [1.54, 1.807) is 18.2 Å². The molecule has 0 saturated carbocycles. The molecular weight excluding hydrogens is 408 g/mol. The summed E-state index contributed by atoms with van der Waals surface area (Å²) in [7, 11) is 1.54. The summed E-state index contributed by atoms with van der Waals surface area (Å²) in [6.45, 7) is 1.81. The van der Waals surface area contributed by atoms with Crippen molar-refractivity contribution in [3.63, 3.8) is 0 Å². The highest BCUT2D eigenvalue weighted by molar-refractivity contribution is 9.10. The molecule has 0 aliphatic heterocycles. The molecule has 8 heteroatoms. The van der Waals surface area contributed by atoms with Crippen LogP contribution >= 0.6 is 27.5 Å². The Labute approximate surface area is 159 Å². The number of rotatable bonds is 5. The van der Waals surface area contributed by atoms with Crippen LogP contribution in [0.2, 0.25) is 5.02 Å². The number of amides is 1. The van der Waals surface area contributed by atoms with Crippen molar-refractivity contribution in [2.75, 3.05) is 24.3 Å². The molecule has 0 heterocycles. The van der Waals surface area contributed by atoms with Crippen LogP contribution in [-0.2, 0) is 4.79 Å². The number of hydrogen-bond acceptors (Lipinski definition) is 3. The first kappa shape index (κ1) is 19.1. The molecule has 0 radical (unpaired) electrons. The summed E-state index contributed by atoms with van der Waals surface area (Å²) in [6, 6.07) is 10.8. The monoisotopic (exact) mass is 424 g/mol. The topological polar surface area (TPSA) is 88.7 Å². The molecular formula is C17H18BrClN4O2. The average molecular weight is 426 g/mol. The number of carbonyl (C=O) groups is 1. The maximum absolute atomic E-state index is 12.0. The maximum atomic E-state index is 12.0. The van der Waals surface area contributed by atoms with Gasteiger partial charge in [0.15, 0.2) is 5.96 Å². The van der Waals surface area contributed by atoms with Crippen LogP contribution in [0.25, 0.3) is 0 Å². The molecule has 2 rings (SSSR count). The molecule has 4 N–H and O–H groups in total. The van der Waals surface area contributed by atoms with Crippen LogP contribution in [0.3, 0.4) is 0 Å². The first-order chi connectivity index (χ1) is 11.9. The number of guanidine groups is 1. The third-order valence-electron chi connectivity index (χ3n) is 3.29. The van der Waals surface area contributed by atoms with Crippen molar-refractivity contribution in [3.05, 3.63) is 51.5 Å². The normalized spacial score (nSPS) is 11.1. The molecule has 1 amide bonds. The zero-order valence-corrected chi connectivity index (χ0v) is 16.1. The molecule has 0 bridgehead atoms. The molecule has 0 aromatic heterocycles. The van der Waals surface area contributed by atoms with Gasteiger partial charge < -0.3 is 21.1 Å². The van der Waals surface area contributed by atoms with E-state index in [4.69, 9.17) is 22.1 Å². The van der Waals surface area contributed by atoms with Crippen molar-refractivity contribution in [2.45, 2.75) is 6.92 Å². The highest BCUT2D eigenvalue weighted by atomic mass is 79.9. The third kappa shape index (κ3) is 5.65. The lowest BCUT2D eigenvalue weighted by Gasteiger charge is -2.09. The summed E-state index contributed by atoms with van der Waals surface area (Å²) < 4.78 is 5.96. The highest BCUT2D eigenvalue weighted by Gasteiger charge is 2.06. The van der Waals surface area contributed by atoms with Gasteiger partial charge in [-0.05, 0) is 42.8 Å². The quantitative estimate of drug-likeness (QED) is 0.502. The number of nitrogens with zero attached hydrogens (tertiary/aromatic N) is 1. The largest absolute Gasteiger partial charge is 0.495 e. The predicted molar refractivity (Wildman–Crippen MR) is 106 cm³/mol. The zero-order chi connectivity index (χ0) is 18.4. The number of anilines is 2. The molecule has 0 spiro atoms. The van der Waals surface area contributed by atoms with Crippen molar-refractivity contribution in [1.82, 2.24) is 0 Å². The predicted octanol–water partition coefficient (Wildman–Crippen LogP) is 3.78. The first-order valence-corrected chi connectivity index (χ1v) is 8.52. The molecule has 0 unspecified atom stereocenters. The Balaban J connectivity index is 1.95. The van der Waals surface area contributed by atoms with Crippen LogP contribution in [-0.4, -0.2) is 25.5 Å². The fourth-order valence-corrected chi connectivity index (χ4v) is 2.63. The SMILES string of the molecule is COc1ccc(NC(N)=NCC(=O)Nc2cc(Br)ccc2C)cc1Cl. The van der Waals surface area contributed by atoms with Gasteiger partial charge in [0.25, 0.3) is 0 Å². The Hall–Kier alpha value is -2.25. The number of aryl methyl sites for hydroxylation is 1. The number of benzene rings is 2. The Morgan fingerprint density at radius 1 is 1.28 bits per heavy atom. The van der Waals surface area contributed by atoms with E-state index < -0.39 is 0 Å². The Morgan fingerprint density at radius 3 is 2.72 bits per heavy atom. The maximum Gasteiger partial charge on any atom is 0.246 e. The summed E-state index contributed by atoms with van der Waals surface area (Å²) in [4.78, 5) is 16.0. The minimum absolute atomic E-state index is 0.103. The summed E-state index contributed by atoms with van der Waals surface area (Å²) in [5.74, 6) is 0.410. The molecule has 132 valence electrons. The summed E-state index contributed by atoms with van der Waals surface area (Å²) in [5, 5.41) is 6.12. The zero-order valence-electron chi connectivity index (χ0n) is 13.8. The minimum Gasteiger partial charge on any atom is -0.495 e. The van der Waals surface area contributed by atoms with Crippen LogP contribution < -0.4 is 21.1 Å². The number of carbonyl (C=O) groups excluding carboxylic acids is 1. The molecule has 6 nitrogen and oxygen atoms in total. The van der Waals surface area contributed by atoms with Crippen molar-refractivity contribution in [2.24, 2.45) is 10.7 Å². The molecule has 0 atom stereocenters. The van der Waals surface area contributed by atoms with Crippen LogP contribution in [0.4, 0.5) is 11.4 Å². The molecule has 0 aliphatic rings. The number of ether oxygens (including phenoxy) is 1. The van der Waals surface area contributed by atoms with E-state index in [-0.39, 0.29) is 18.4 Å². The van der Waals surface area contributed by atoms with Crippen LogP contribution in [0, 0.1) is 6.92 Å². The summed E-state index contributed by atoms with van der Waals surface area (Å²) in [6.07, 6.45) is 0. The van der Waals surface area contributed by atoms with Gasteiger partial charge in [0.05, 0.1) is 12.1 Å². The average Bonchev–Trinajstić information content (AvgIpc) is 2.56. The van der Waals surface area contributed by atoms with Gasteiger partial charge in [-0.1, -0.05) is 33.6 Å². The van der Waals surface area contributed by atoms with E-state index in [1.165, 1.54) is 7.11 Å². The standard InChI is InChI=1S/C17H18BrClN4O2/c1-10-3-4-11(18)7-14(10)23-16(24)9-21-17(20)22-12-5-6-15(25-2)13(19)8-12/h3-8H,9H2,1-2H3,(H,23,24)(H3,20,21,22). The van der Waals surface area contributed by atoms with Gasteiger partial charge in [0, 0.05) is 15.8 Å². The van der Waals surface area contributed by atoms with Crippen molar-refractivity contribution in [3.8, 4) is 5.75 Å². The molecule has 0 fully saturated rings. The Kier molecular flexibility index (Phi) is 6.66. The van der Waals surface area contributed by atoms with Gasteiger partial charge >= 0.3 is 0 Å². The Bertz CT molecular complexity index is 811. The highest BCUT2D eigenvalue weighted by Crippen LogP contribution is 2.27. The summed E-state index contributed by atoms with van der Waals surface area (Å²) in [5.41, 5.74) is 8.13. The molecule has 2 aromatic rings. The fourth-order valence-electron chi connectivity index (χ4n) is 2.01. The van der Waals surface area contributed by atoms with Gasteiger partial charge in [-0.25, -0.2) is 4.99 Å². The van der Waals surface area contributed by atoms with E-state index in [9.17, 15) is 4.79 Å². The lowest BCUT2D eigenvalue weighted by atomic mass is 10.2. The molecule has 25 heavy (non-hydrogen) atoms. The van der Waals surface area contributed by atoms with Crippen LogP contribution in [0.1, 0.15) is 5.56 Å². The molecule has 0 aliphatic carbocycles. The number of aliphatic imine (C=N–C) groups is 1. The van der Waals surface area contributed by atoms with Gasteiger partial charge in [0.2, 0.25) is 5.91 Å². The second-order valence-corrected chi connectivity index (χ2v) is 6.51. The lowest BCUT2D eigenvalue weighted by Crippen LogP contribution is -2.25. The lowest BCUT2D eigenvalue weighted by molar-refractivity contribution is -0.114. The van der Waals surface area contributed by atoms with Gasteiger partial charge in [-0.3, -0.25) is 4.79 Å². The Morgan fingerprint density at radius 2 is 2.04 bits per heavy atom. The third-order valence-corrected chi connectivity index (χ3v) is 4.08. The smallest absolute Gasteiger partial charge is 0.246 e. The van der Waals surface area contributed by atoms with Crippen LogP contribution in [0.15, 0.2) is 45.9 Å². The summed E-state index contributed by atoms with van der Waals surface area (Å²) >= 11 is 9.42. The van der Waals surface area contributed by atoms with Gasteiger partial charge in [0.1, 0.15) is 12.3 Å². The van der Waals surface area contributed by atoms with Crippen molar-refractivity contribution in [1.29, 1.82) is 0 Å². The number of hydrogen-bond donors (Lipinski definition) is 3. The van der Waals surface area contributed by atoms with E-state index in [1.807, 2.05) is 25.1 Å². The van der Waals surface area contributed by atoms with Crippen molar-refractivity contribution < 1.29 is 9.53 Å². The fraction of sp³-hybridized carbons (Fsp3) is 0.176. The van der Waals surface area contributed by atoms with E-state index >= 15 is 0 Å². The second kappa shape index (κ2) is 8.73. The molecule has 2 aromatic carbocycles. The first-order valence-electron chi connectivity index (χ1n) is 7.35. The van der Waals surface area contributed by atoms with E-state index in [0.29, 0.717) is 16.5 Å². The van der Waals surface area contributed by atoms with E-state index in [0.717, 1.165) is 15.7 Å². The van der Waals surface area contributed by atoms with Gasteiger partial charge in [-0.2, -0.15) is 0 Å². The minimum atomic E-state index is -0.265. The molecule has 0 saturated heterocycles. The van der Waals surface area contributed by atoms with Crippen LogP contribution in [0.5, 0.6) is 5.75 Å². The van der Waals surface area contributed by atoms with Crippen molar-refractivity contribution >= 4 is 50.8 Å². The number of methoxy groups -OCH3 is 1. The number of nitrogens with two attached hydrogens (primary N) is 1. The number of halogens is 2. The van der Waals surface area contributed by atoms with Gasteiger partial charge in [-0.15, -0.1) is 0 Å². The number of nitrogens with one attached hydrogen (secondary N) is 2.